The lowest BCUT2D eigenvalue weighted by molar-refractivity contribution is -0.134. The Bertz CT molecular complexity index is 545. The van der Waals surface area contributed by atoms with Crippen molar-refractivity contribution in [3.8, 4) is 6.07 Å². The molecule has 0 aliphatic rings. The molecule has 16 heavy (non-hydrogen) atoms. The van der Waals surface area contributed by atoms with Crippen LogP contribution in [0, 0.1) is 11.3 Å². The number of nitriles is 1. The minimum atomic E-state index is -3.92. The second-order valence-electron chi connectivity index (χ2n) is 2.95. The molecule has 0 fully saturated rings. The van der Waals surface area contributed by atoms with Crippen LogP contribution < -0.4 is 4.72 Å². The number of anilines is 1. The molecular weight excluding hydrogens is 232 g/mol. The fourth-order valence-corrected chi connectivity index (χ4v) is 1.91. The summed E-state index contributed by atoms with van der Waals surface area (Å²) in [6.45, 7) is 0. The zero-order valence-electron chi connectivity index (χ0n) is 8.04. The molecule has 0 spiro atoms. The number of hydrogen-bond acceptors (Lipinski definition) is 4. The van der Waals surface area contributed by atoms with Crippen LogP contribution in [-0.4, -0.2) is 25.2 Å². The van der Waals surface area contributed by atoms with Gasteiger partial charge in [-0.05, 0) is 18.2 Å². The monoisotopic (exact) mass is 240 g/mol. The summed E-state index contributed by atoms with van der Waals surface area (Å²) < 4.78 is 24.5. The third-order valence-corrected chi connectivity index (χ3v) is 2.75. The van der Waals surface area contributed by atoms with Gasteiger partial charge < -0.3 is 5.11 Å². The van der Waals surface area contributed by atoms with Gasteiger partial charge in [0.05, 0.1) is 11.6 Å². The average Bonchev–Trinajstić information content (AvgIpc) is 2.15. The van der Waals surface area contributed by atoms with E-state index in [2.05, 4.69) is 4.72 Å². The van der Waals surface area contributed by atoms with E-state index < -0.39 is 21.7 Å². The summed E-state index contributed by atoms with van der Waals surface area (Å²) in [6.07, 6.45) is 0. The van der Waals surface area contributed by atoms with Crippen LogP contribution in [0.2, 0.25) is 0 Å². The third-order valence-electron chi connectivity index (χ3n) is 1.58. The third kappa shape index (κ3) is 3.59. The Labute approximate surface area is 92.2 Å². The van der Waals surface area contributed by atoms with E-state index in [0.717, 1.165) is 0 Å². The largest absolute Gasteiger partial charge is 0.480 e. The maximum absolute atomic E-state index is 11.2. The van der Waals surface area contributed by atoms with Gasteiger partial charge in [-0.2, -0.15) is 5.26 Å². The first-order valence-corrected chi connectivity index (χ1v) is 5.80. The van der Waals surface area contributed by atoms with Crippen LogP contribution in [0.15, 0.2) is 24.3 Å². The number of carboxylic acids is 1. The van der Waals surface area contributed by atoms with E-state index in [1.165, 1.54) is 24.3 Å². The van der Waals surface area contributed by atoms with Gasteiger partial charge in [0.15, 0.2) is 5.75 Å². The fourth-order valence-electron chi connectivity index (χ4n) is 1.03. The summed E-state index contributed by atoms with van der Waals surface area (Å²) in [5.41, 5.74) is 0.454. The van der Waals surface area contributed by atoms with Crippen molar-refractivity contribution in [2.24, 2.45) is 0 Å². The van der Waals surface area contributed by atoms with E-state index in [-0.39, 0.29) is 11.3 Å². The fraction of sp³-hybridized carbons (Fsp3) is 0.111. The first kappa shape index (κ1) is 12.0. The van der Waals surface area contributed by atoms with Gasteiger partial charge in [-0.1, -0.05) is 6.07 Å². The molecule has 0 unspecified atom stereocenters. The van der Waals surface area contributed by atoms with E-state index in [9.17, 15) is 13.2 Å². The van der Waals surface area contributed by atoms with E-state index >= 15 is 0 Å². The van der Waals surface area contributed by atoms with Crippen LogP contribution in [-0.2, 0) is 14.8 Å². The van der Waals surface area contributed by atoms with Crippen LogP contribution >= 0.6 is 0 Å². The Kier molecular flexibility index (Phi) is 3.48. The standard InChI is InChI=1S/C9H8N2O4S/c10-5-7-2-1-3-8(4-7)11-16(14,15)6-9(12)13/h1-4,11H,6H2,(H,12,13). The molecule has 0 heterocycles. The molecule has 2 N–H and O–H groups in total. The lowest BCUT2D eigenvalue weighted by atomic mass is 10.2. The van der Waals surface area contributed by atoms with Crippen LogP contribution in [0.3, 0.4) is 0 Å². The molecular formula is C9H8N2O4S. The van der Waals surface area contributed by atoms with Crippen molar-refractivity contribution in [3.05, 3.63) is 29.8 Å². The van der Waals surface area contributed by atoms with E-state index in [1.54, 1.807) is 0 Å². The Balaban J connectivity index is 2.89. The molecule has 84 valence electrons. The van der Waals surface area contributed by atoms with Gasteiger partial charge in [0.1, 0.15) is 0 Å². The van der Waals surface area contributed by atoms with Gasteiger partial charge in [-0.25, -0.2) is 8.42 Å². The molecule has 1 aromatic carbocycles. The number of hydrogen-bond donors (Lipinski definition) is 2. The zero-order chi connectivity index (χ0) is 12.2. The molecule has 0 aliphatic heterocycles. The SMILES string of the molecule is N#Cc1cccc(NS(=O)(=O)CC(=O)O)c1. The Morgan fingerprint density at radius 3 is 2.75 bits per heavy atom. The Hall–Kier alpha value is -2.07. The number of rotatable bonds is 4. The highest BCUT2D eigenvalue weighted by Crippen LogP contribution is 2.11. The molecule has 0 saturated heterocycles. The molecule has 0 amide bonds. The summed E-state index contributed by atoms with van der Waals surface area (Å²) in [6, 6.07) is 7.60. The van der Waals surface area contributed by atoms with E-state index in [0.29, 0.717) is 0 Å². The molecule has 0 aromatic heterocycles. The van der Waals surface area contributed by atoms with Gasteiger partial charge in [-0.15, -0.1) is 0 Å². The summed E-state index contributed by atoms with van der Waals surface area (Å²) in [4.78, 5) is 10.3. The number of nitrogens with one attached hydrogen (secondary N) is 1. The number of benzene rings is 1. The molecule has 0 atom stereocenters. The lowest BCUT2D eigenvalue weighted by Gasteiger charge is -2.05. The van der Waals surface area contributed by atoms with Gasteiger partial charge in [0.2, 0.25) is 10.0 Å². The molecule has 0 aliphatic carbocycles. The van der Waals surface area contributed by atoms with Crippen LogP contribution in [0.5, 0.6) is 0 Å². The van der Waals surface area contributed by atoms with Crippen LogP contribution in [0.25, 0.3) is 0 Å². The van der Waals surface area contributed by atoms with Crippen molar-refractivity contribution in [2.45, 2.75) is 0 Å². The molecule has 1 rings (SSSR count). The van der Waals surface area contributed by atoms with Crippen molar-refractivity contribution < 1.29 is 18.3 Å². The minimum Gasteiger partial charge on any atom is -0.480 e. The maximum atomic E-state index is 11.2. The lowest BCUT2D eigenvalue weighted by Crippen LogP contribution is -2.22. The Morgan fingerprint density at radius 1 is 1.50 bits per heavy atom. The molecule has 1 aromatic rings. The zero-order valence-corrected chi connectivity index (χ0v) is 8.86. The van der Waals surface area contributed by atoms with E-state index in [1.807, 2.05) is 6.07 Å². The summed E-state index contributed by atoms with van der Waals surface area (Å²) >= 11 is 0. The molecule has 0 saturated carbocycles. The van der Waals surface area contributed by atoms with Gasteiger partial charge in [-0.3, -0.25) is 9.52 Å². The normalized spacial score (nSPS) is 10.4. The number of sulfonamides is 1. The van der Waals surface area contributed by atoms with Gasteiger partial charge in [0.25, 0.3) is 0 Å². The highest BCUT2D eigenvalue weighted by molar-refractivity contribution is 7.93. The first-order chi connectivity index (χ1) is 7.43. The summed E-state index contributed by atoms with van der Waals surface area (Å²) in [7, 11) is -3.92. The van der Waals surface area contributed by atoms with Crippen molar-refractivity contribution >= 4 is 21.7 Å². The minimum absolute atomic E-state index is 0.167. The number of carbonyl (C=O) groups is 1. The number of aliphatic carboxylic acids is 1. The van der Waals surface area contributed by atoms with E-state index in [4.69, 9.17) is 10.4 Å². The highest BCUT2D eigenvalue weighted by atomic mass is 32.2. The topological polar surface area (TPSA) is 107 Å². The van der Waals surface area contributed by atoms with Crippen LogP contribution in [0.1, 0.15) is 5.56 Å². The predicted molar refractivity (Wildman–Crippen MR) is 56.2 cm³/mol. The van der Waals surface area contributed by atoms with Crippen molar-refractivity contribution in [2.75, 3.05) is 10.5 Å². The summed E-state index contributed by atoms with van der Waals surface area (Å²) in [5, 5.41) is 16.9. The first-order valence-electron chi connectivity index (χ1n) is 4.15. The molecule has 0 radical (unpaired) electrons. The number of nitrogens with zero attached hydrogens (tertiary/aromatic N) is 1. The predicted octanol–water partition coefficient (Wildman–Crippen LogP) is 0.385. The average molecular weight is 240 g/mol. The molecule has 0 bridgehead atoms. The maximum Gasteiger partial charge on any atom is 0.320 e. The Morgan fingerprint density at radius 2 is 2.19 bits per heavy atom. The van der Waals surface area contributed by atoms with Gasteiger partial charge >= 0.3 is 5.97 Å². The van der Waals surface area contributed by atoms with Crippen molar-refractivity contribution in [3.63, 3.8) is 0 Å². The van der Waals surface area contributed by atoms with Crippen LogP contribution in [0.4, 0.5) is 5.69 Å². The van der Waals surface area contributed by atoms with Gasteiger partial charge in [0, 0.05) is 5.69 Å². The second-order valence-corrected chi connectivity index (χ2v) is 4.67. The highest BCUT2D eigenvalue weighted by Gasteiger charge is 2.15. The number of carboxylic acid groups (broad SMARTS) is 1. The van der Waals surface area contributed by atoms with Crippen molar-refractivity contribution in [1.29, 1.82) is 5.26 Å². The molecule has 6 nitrogen and oxygen atoms in total. The summed E-state index contributed by atoms with van der Waals surface area (Å²) in [5.74, 6) is -2.45. The smallest absolute Gasteiger partial charge is 0.320 e. The van der Waals surface area contributed by atoms with Crippen molar-refractivity contribution in [1.82, 2.24) is 0 Å². The second kappa shape index (κ2) is 4.63. The molecule has 7 heteroatoms. The quantitative estimate of drug-likeness (QED) is 0.791.